The average molecular weight is 379 g/mol. The Labute approximate surface area is 167 Å². The maximum atomic E-state index is 13.4. The third-order valence-corrected chi connectivity index (χ3v) is 6.83. The molecule has 1 amide bonds. The normalized spacial score (nSPS) is 26.3. The number of β-amino-alcohol motifs (C(OH)–C–C–N with tert-alkyl or cyclic N) is 1. The number of hydrogen-bond donors (Lipinski definition) is 1. The number of likely N-dealkylation sites (N-methyl/N-ethyl adjacent to an activating group) is 1. The van der Waals surface area contributed by atoms with Gasteiger partial charge in [0.2, 0.25) is 5.91 Å². The molecule has 0 radical (unpaired) electrons. The van der Waals surface area contributed by atoms with Gasteiger partial charge in [0.05, 0.1) is 17.1 Å². The quantitative estimate of drug-likeness (QED) is 0.889. The lowest BCUT2D eigenvalue weighted by Crippen LogP contribution is -2.61. The molecule has 0 unspecified atom stereocenters. The van der Waals surface area contributed by atoms with Crippen molar-refractivity contribution in [3.8, 4) is 0 Å². The van der Waals surface area contributed by atoms with Crippen molar-refractivity contribution < 1.29 is 9.90 Å². The Bertz CT molecular complexity index is 843. The molecular weight excluding hydrogens is 348 g/mol. The lowest BCUT2D eigenvalue weighted by atomic mass is 9.77. The van der Waals surface area contributed by atoms with Crippen LogP contribution in [-0.2, 0) is 15.7 Å². The maximum absolute atomic E-state index is 13.4. The third kappa shape index (κ3) is 2.96. The minimum absolute atomic E-state index is 0.177. The molecule has 1 aliphatic heterocycles. The second kappa shape index (κ2) is 7.02. The summed E-state index contributed by atoms with van der Waals surface area (Å²) in [5, 5.41) is 11.2. The number of nitrogens with zero attached hydrogens (tertiary/aromatic N) is 2. The van der Waals surface area contributed by atoms with E-state index in [0.29, 0.717) is 13.1 Å². The number of rotatable bonds is 4. The summed E-state index contributed by atoms with van der Waals surface area (Å²) in [5.41, 5.74) is 2.60. The minimum Gasteiger partial charge on any atom is -0.389 e. The number of carbonyl (C=O) groups is 1. The SMILES string of the molecule is Cc1ccc(C2(C(=O)N3CC[C@@](c4ccccc4)(N(C)C)[C@H](O)C3)CC2)cc1. The first kappa shape index (κ1) is 19.2. The van der Waals surface area contributed by atoms with Gasteiger partial charge in [-0.05, 0) is 51.4 Å². The van der Waals surface area contributed by atoms with E-state index in [9.17, 15) is 9.90 Å². The van der Waals surface area contributed by atoms with Gasteiger partial charge in [0, 0.05) is 13.1 Å². The summed E-state index contributed by atoms with van der Waals surface area (Å²) in [4.78, 5) is 17.4. The van der Waals surface area contributed by atoms with E-state index in [2.05, 4.69) is 48.2 Å². The van der Waals surface area contributed by atoms with E-state index < -0.39 is 11.6 Å². The van der Waals surface area contributed by atoms with Crippen LogP contribution < -0.4 is 0 Å². The van der Waals surface area contributed by atoms with Crippen LogP contribution in [0.15, 0.2) is 54.6 Å². The maximum Gasteiger partial charge on any atom is 0.233 e. The van der Waals surface area contributed by atoms with E-state index in [4.69, 9.17) is 0 Å². The van der Waals surface area contributed by atoms with Crippen molar-refractivity contribution >= 4 is 5.91 Å². The first-order chi connectivity index (χ1) is 13.4. The monoisotopic (exact) mass is 378 g/mol. The fourth-order valence-corrected chi connectivity index (χ4v) is 4.88. The lowest BCUT2D eigenvalue weighted by Gasteiger charge is -2.50. The largest absolute Gasteiger partial charge is 0.389 e. The molecular formula is C24H30N2O2. The van der Waals surface area contributed by atoms with Gasteiger partial charge in [0.25, 0.3) is 0 Å². The van der Waals surface area contributed by atoms with Gasteiger partial charge in [-0.15, -0.1) is 0 Å². The first-order valence-electron chi connectivity index (χ1n) is 10.2. The van der Waals surface area contributed by atoms with Gasteiger partial charge in [-0.2, -0.15) is 0 Å². The van der Waals surface area contributed by atoms with E-state index in [1.807, 2.05) is 37.2 Å². The molecule has 148 valence electrons. The second-order valence-electron chi connectivity index (χ2n) is 8.65. The van der Waals surface area contributed by atoms with Crippen LogP contribution in [0.3, 0.4) is 0 Å². The lowest BCUT2D eigenvalue weighted by molar-refractivity contribution is -0.143. The standard InChI is InChI=1S/C24H30N2O2/c1-18-9-11-19(12-10-18)23(13-14-23)22(28)26-16-15-24(25(2)3,21(27)17-26)20-7-5-4-6-8-20/h4-12,21,27H,13-17H2,1-3H3/t21-,24+/m1/s1. The molecule has 4 rings (SSSR count). The molecule has 2 aromatic rings. The summed E-state index contributed by atoms with van der Waals surface area (Å²) in [5.74, 6) is 0.177. The van der Waals surface area contributed by atoms with Crippen molar-refractivity contribution in [2.75, 3.05) is 27.2 Å². The van der Waals surface area contributed by atoms with E-state index in [-0.39, 0.29) is 11.3 Å². The zero-order valence-corrected chi connectivity index (χ0v) is 17.1. The molecule has 0 aromatic heterocycles. The van der Waals surface area contributed by atoms with Crippen molar-refractivity contribution in [2.24, 2.45) is 0 Å². The highest BCUT2D eigenvalue weighted by molar-refractivity contribution is 5.91. The number of hydrogen-bond acceptors (Lipinski definition) is 3. The summed E-state index contributed by atoms with van der Waals surface area (Å²) in [6, 6.07) is 18.5. The number of piperidine rings is 1. The van der Waals surface area contributed by atoms with E-state index in [1.165, 1.54) is 5.56 Å². The minimum atomic E-state index is -0.628. The Kier molecular flexibility index (Phi) is 4.80. The van der Waals surface area contributed by atoms with Crippen LogP contribution in [0.2, 0.25) is 0 Å². The summed E-state index contributed by atoms with van der Waals surface area (Å²) in [6.45, 7) is 3.10. The van der Waals surface area contributed by atoms with Crippen molar-refractivity contribution in [3.05, 3.63) is 71.3 Å². The van der Waals surface area contributed by atoms with Gasteiger partial charge in [-0.1, -0.05) is 60.2 Å². The average Bonchev–Trinajstić information content (AvgIpc) is 3.50. The number of aryl methyl sites for hydroxylation is 1. The summed E-state index contributed by atoms with van der Waals surface area (Å²) in [6.07, 6.45) is 1.90. The molecule has 2 fully saturated rings. The molecule has 4 nitrogen and oxygen atoms in total. The van der Waals surface area contributed by atoms with Crippen LogP contribution in [0.25, 0.3) is 0 Å². The van der Waals surface area contributed by atoms with Crippen molar-refractivity contribution in [1.82, 2.24) is 9.80 Å². The molecule has 2 atom stereocenters. The highest BCUT2D eigenvalue weighted by atomic mass is 16.3. The first-order valence-corrected chi connectivity index (χ1v) is 10.2. The van der Waals surface area contributed by atoms with E-state index in [1.54, 1.807) is 0 Å². The zero-order chi connectivity index (χ0) is 19.9. The molecule has 28 heavy (non-hydrogen) atoms. The summed E-state index contributed by atoms with van der Waals surface area (Å²) >= 11 is 0. The van der Waals surface area contributed by atoms with Gasteiger partial charge in [-0.25, -0.2) is 0 Å². The number of benzene rings is 2. The summed E-state index contributed by atoms with van der Waals surface area (Å²) < 4.78 is 0. The number of amides is 1. The van der Waals surface area contributed by atoms with Crippen molar-refractivity contribution in [3.63, 3.8) is 0 Å². The van der Waals surface area contributed by atoms with Crippen LogP contribution in [-0.4, -0.2) is 54.1 Å². The predicted octanol–water partition coefficient (Wildman–Crippen LogP) is 3.08. The number of likely N-dealkylation sites (tertiary alicyclic amines) is 1. The second-order valence-corrected chi connectivity index (χ2v) is 8.65. The van der Waals surface area contributed by atoms with Crippen molar-refractivity contribution in [2.45, 2.75) is 43.2 Å². The molecule has 1 heterocycles. The zero-order valence-electron chi connectivity index (χ0n) is 17.1. The van der Waals surface area contributed by atoms with Gasteiger partial charge >= 0.3 is 0 Å². The molecule has 2 aromatic carbocycles. The highest BCUT2D eigenvalue weighted by Crippen LogP contribution is 2.50. The van der Waals surface area contributed by atoms with Crippen LogP contribution in [0.4, 0.5) is 0 Å². The van der Waals surface area contributed by atoms with E-state index >= 15 is 0 Å². The number of aliphatic hydroxyl groups excluding tert-OH is 1. The highest BCUT2D eigenvalue weighted by Gasteiger charge is 2.55. The Morgan fingerprint density at radius 3 is 2.18 bits per heavy atom. The predicted molar refractivity (Wildman–Crippen MR) is 111 cm³/mol. The fraction of sp³-hybridized carbons (Fsp3) is 0.458. The smallest absolute Gasteiger partial charge is 0.233 e. The Morgan fingerprint density at radius 2 is 1.64 bits per heavy atom. The van der Waals surface area contributed by atoms with Crippen LogP contribution in [0, 0.1) is 6.92 Å². The molecule has 4 heteroatoms. The molecule has 0 spiro atoms. The van der Waals surface area contributed by atoms with E-state index in [0.717, 1.165) is 30.4 Å². The fourth-order valence-electron chi connectivity index (χ4n) is 4.88. The van der Waals surface area contributed by atoms with Gasteiger partial charge in [-0.3, -0.25) is 9.69 Å². The van der Waals surface area contributed by atoms with Crippen LogP contribution in [0.1, 0.15) is 36.0 Å². The van der Waals surface area contributed by atoms with Crippen LogP contribution in [0.5, 0.6) is 0 Å². The van der Waals surface area contributed by atoms with Gasteiger partial charge < -0.3 is 10.0 Å². The molecule has 1 saturated heterocycles. The number of aliphatic hydroxyl groups is 1. The molecule has 1 saturated carbocycles. The van der Waals surface area contributed by atoms with Gasteiger partial charge in [0.1, 0.15) is 0 Å². The molecule has 0 bridgehead atoms. The van der Waals surface area contributed by atoms with Gasteiger partial charge in [0.15, 0.2) is 0 Å². The number of carbonyl (C=O) groups excluding carboxylic acids is 1. The molecule has 2 aliphatic rings. The van der Waals surface area contributed by atoms with Crippen molar-refractivity contribution in [1.29, 1.82) is 0 Å². The Morgan fingerprint density at radius 1 is 1.00 bits per heavy atom. The molecule has 1 N–H and O–H groups in total. The third-order valence-electron chi connectivity index (χ3n) is 6.83. The van der Waals surface area contributed by atoms with Crippen LogP contribution >= 0.6 is 0 Å². The summed E-state index contributed by atoms with van der Waals surface area (Å²) in [7, 11) is 4.03. The molecule has 1 aliphatic carbocycles. The topological polar surface area (TPSA) is 43.8 Å². The Balaban J connectivity index is 1.57. The Hall–Kier alpha value is -2.17.